The van der Waals surface area contributed by atoms with Gasteiger partial charge in [0.25, 0.3) is 0 Å². The van der Waals surface area contributed by atoms with Crippen molar-refractivity contribution in [1.82, 2.24) is 5.32 Å². The lowest BCUT2D eigenvalue weighted by atomic mass is 10.2. The minimum absolute atomic E-state index is 0.0719. The Kier molecular flexibility index (Phi) is 5.31. The number of carbonyl (C=O) groups excluding carboxylic acids is 1. The third kappa shape index (κ3) is 4.14. The molecule has 1 heterocycles. The van der Waals surface area contributed by atoms with Crippen molar-refractivity contribution in [2.75, 3.05) is 24.2 Å². The van der Waals surface area contributed by atoms with Gasteiger partial charge in [0.2, 0.25) is 5.91 Å². The van der Waals surface area contributed by atoms with Crippen LogP contribution in [0.3, 0.4) is 0 Å². The van der Waals surface area contributed by atoms with Crippen molar-refractivity contribution in [3.63, 3.8) is 0 Å². The zero-order valence-corrected chi connectivity index (χ0v) is 11.5. The second-order valence-electron chi connectivity index (χ2n) is 4.56. The Morgan fingerprint density at radius 2 is 1.85 bits per heavy atom. The molecule has 3 nitrogen and oxygen atoms in total. The number of thioether (sulfide) groups is 1. The summed E-state index contributed by atoms with van der Waals surface area (Å²) in [6, 6.07) is 1.54. The summed E-state index contributed by atoms with van der Waals surface area (Å²) in [6.45, 7) is 1.88. The number of halogens is 3. The lowest BCUT2D eigenvalue weighted by molar-refractivity contribution is -0.113. The Morgan fingerprint density at radius 1 is 1.25 bits per heavy atom. The molecule has 0 aliphatic carbocycles. The summed E-state index contributed by atoms with van der Waals surface area (Å²) in [4.78, 5) is 11.7. The second-order valence-corrected chi connectivity index (χ2v) is 5.85. The monoisotopic (exact) mass is 304 g/mol. The van der Waals surface area contributed by atoms with Crippen molar-refractivity contribution in [3.8, 4) is 0 Å². The smallest absolute Gasteiger partial charge is 0.234 e. The molecule has 110 valence electrons. The highest BCUT2D eigenvalue weighted by Crippen LogP contribution is 2.21. The molecule has 2 N–H and O–H groups in total. The molecule has 0 spiro atoms. The number of hydrogen-bond acceptors (Lipinski definition) is 3. The lowest BCUT2D eigenvalue weighted by Gasteiger charge is -2.21. The van der Waals surface area contributed by atoms with Gasteiger partial charge in [0, 0.05) is 23.1 Å². The van der Waals surface area contributed by atoms with Gasteiger partial charge in [-0.25, -0.2) is 13.2 Å². The van der Waals surface area contributed by atoms with E-state index in [1.54, 1.807) is 0 Å². The van der Waals surface area contributed by atoms with Gasteiger partial charge < -0.3 is 10.6 Å². The number of anilines is 1. The first-order valence-electron chi connectivity index (χ1n) is 6.33. The first kappa shape index (κ1) is 15.2. The van der Waals surface area contributed by atoms with Gasteiger partial charge in [0.1, 0.15) is 0 Å². The van der Waals surface area contributed by atoms with E-state index in [0.717, 1.165) is 38.1 Å². The molecule has 1 aromatic carbocycles. The van der Waals surface area contributed by atoms with E-state index in [4.69, 9.17) is 0 Å². The summed E-state index contributed by atoms with van der Waals surface area (Å²) < 4.78 is 38.7. The number of piperidine rings is 1. The molecule has 1 saturated heterocycles. The third-order valence-corrected chi connectivity index (χ3v) is 4.38. The lowest BCUT2D eigenvalue weighted by Crippen LogP contribution is -2.30. The molecule has 1 fully saturated rings. The Bertz CT molecular complexity index is 469. The van der Waals surface area contributed by atoms with E-state index < -0.39 is 17.5 Å². The first-order valence-corrected chi connectivity index (χ1v) is 7.38. The molecular weight excluding hydrogens is 289 g/mol. The van der Waals surface area contributed by atoms with Gasteiger partial charge in [-0.3, -0.25) is 4.79 Å². The normalized spacial score (nSPS) is 16.1. The van der Waals surface area contributed by atoms with Crippen molar-refractivity contribution in [3.05, 3.63) is 29.6 Å². The first-order chi connectivity index (χ1) is 9.56. The fourth-order valence-electron chi connectivity index (χ4n) is 1.98. The minimum Gasteiger partial charge on any atom is -0.325 e. The minimum atomic E-state index is -1.54. The van der Waals surface area contributed by atoms with Crippen LogP contribution in [0.5, 0.6) is 0 Å². The van der Waals surface area contributed by atoms with Gasteiger partial charge >= 0.3 is 0 Å². The highest BCUT2D eigenvalue weighted by atomic mass is 32.2. The molecule has 0 saturated carbocycles. The summed E-state index contributed by atoms with van der Waals surface area (Å²) in [5.41, 5.74) is -0.0719. The Hall–Kier alpha value is -1.21. The standard InChI is InChI=1S/C13H15F3N2OS/c14-10-5-8(6-11(15)13(10)16)18-12(19)7-20-9-1-3-17-4-2-9/h5-6,9,17H,1-4,7H2,(H,18,19). The van der Waals surface area contributed by atoms with Crippen molar-refractivity contribution >= 4 is 23.4 Å². The molecule has 0 atom stereocenters. The summed E-state index contributed by atoms with van der Waals surface area (Å²) in [5, 5.41) is 6.02. The van der Waals surface area contributed by atoms with E-state index in [1.165, 1.54) is 11.8 Å². The average Bonchev–Trinajstić information content (AvgIpc) is 2.43. The van der Waals surface area contributed by atoms with E-state index >= 15 is 0 Å². The van der Waals surface area contributed by atoms with Crippen LogP contribution in [0, 0.1) is 17.5 Å². The third-order valence-electron chi connectivity index (χ3n) is 3.00. The maximum atomic E-state index is 13.0. The number of carbonyl (C=O) groups is 1. The van der Waals surface area contributed by atoms with Crippen molar-refractivity contribution in [2.24, 2.45) is 0 Å². The number of amides is 1. The summed E-state index contributed by atoms with van der Waals surface area (Å²) in [6.07, 6.45) is 2.00. The van der Waals surface area contributed by atoms with Gasteiger partial charge in [0.05, 0.1) is 5.75 Å². The summed E-state index contributed by atoms with van der Waals surface area (Å²) in [5.74, 6) is -4.30. The zero-order chi connectivity index (χ0) is 14.5. The predicted molar refractivity (Wildman–Crippen MR) is 73.3 cm³/mol. The Morgan fingerprint density at radius 3 is 2.45 bits per heavy atom. The van der Waals surface area contributed by atoms with E-state index in [1.807, 2.05) is 0 Å². The van der Waals surface area contributed by atoms with Crippen LogP contribution < -0.4 is 10.6 Å². The molecule has 1 amide bonds. The van der Waals surface area contributed by atoms with Crippen molar-refractivity contribution in [1.29, 1.82) is 0 Å². The largest absolute Gasteiger partial charge is 0.325 e. The van der Waals surface area contributed by atoms with Crippen molar-refractivity contribution < 1.29 is 18.0 Å². The average molecular weight is 304 g/mol. The molecule has 1 aromatic rings. The number of benzene rings is 1. The Balaban J connectivity index is 1.84. The molecule has 0 aromatic heterocycles. The molecule has 0 unspecified atom stereocenters. The van der Waals surface area contributed by atoms with Crippen LogP contribution in [-0.4, -0.2) is 30.0 Å². The molecular formula is C13H15F3N2OS. The fraction of sp³-hybridized carbons (Fsp3) is 0.462. The van der Waals surface area contributed by atoms with Crippen LogP contribution in [0.2, 0.25) is 0 Å². The Labute approximate surface area is 119 Å². The predicted octanol–water partition coefficient (Wildman–Crippen LogP) is 2.53. The molecule has 1 aliphatic heterocycles. The second kappa shape index (κ2) is 6.99. The molecule has 20 heavy (non-hydrogen) atoms. The summed E-state index contributed by atoms with van der Waals surface area (Å²) >= 11 is 1.52. The van der Waals surface area contributed by atoms with Gasteiger partial charge in [-0.15, -0.1) is 11.8 Å². The van der Waals surface area contributed by atoms with Crippen LogP contribution in [-0.2, 0) is 4.79 Å². The van der Waals surface area contributed by atoms with Crippen LogP contribution >= 0.6 is 11.8 Å². The molecule has 0 radical (unpaired) electrons. The molecule has 2 rings (SSSR count). The zero-order valence-electron chi connectivity index (χ0n) is 10.7. The number of rotatable bonds is 4. The quantitative estimate of drug-likeness (QED) is 0.840. The molecule has 0 bridgehead atoms. The summed E-state index contributed by atoms with van der Waals surface area (Å²) in [7, 11) is 0. The fourth-order valence-corrected chi connectivity index (χ4v) is 3.01. The van der Waals surface area contributed by atoms with Crippen LogP contribution in [0.25, 0.3) is 0 Å². The van der Waals surface area contributed by atoms with Crippen molar-refractivity contribution in [2.45, 2.75) is 18.1 Å². The van der Waals surface area contributed by atoms with Gasteiger partial charge in [0.15, 0.2) is 17.5 Å². The van der Waals surface area contributed by atoms with Gasteiger partial charge in [-0.2, -0.15) is 0 Å². The van der Waals surface area contributed by atoms with E-state index in [9.17, 15) is 18.0 Å². The van der Waals surface area contributed by atoms with E-state index in [2.05, 4.69) is 10.6 Å². The van der Waals surface area contributed by atoms with Crippen LogP contribution in [0.4, 0.5) is 18.9 Å². The van der Waals surface area contributed by atoms with E-state index in [-0.39, 0.29) is 17.3 Å². The van der Waals surface area contributed by atoms with Gasteiger partial charge in [-0.05, 0) is 25.9 Å². The van der Waals surface area contributed by atoms with E-state index in [0.29, 0.717) is 5.25 Å². The van der Waals surface area contributed by atoms with Crippen LogP contribution in [0.15, 0.2) is 12.1 Å². The van der Waals surface area contributed by atoms with Crippen LogP contribution in [0.1, 0.15) is 12.8 Å². The molecule has 1 aliphatic rings. The maximum absolute atomic E-state index is 13.0. The highest BCUT2D eigenvalue weighted by molar-refractivity contribution is 8.00. The highest BCUT2D eigenvalue weighted by Gasteiger charge is 2.16. The SMILES string of the molecule is O=C(CSC1CCNCC1)Nc1cc(F)c(F)c(F)c1. The topological polar surface area (TPSA) is 41.1 Å². The number of hydrogen-bond donors (Lipinski definition) is 2. The maximum Gasteiger partial charge on any atom is 0.234 e. The molecule has 7 heteroatoms. The van der Waals surface area contributed by atoms with Gasteiger partial charge in [-0.1, -0.05) is 0 Å². The number of nitrogens with one attached hydrogen (secondary N) is 2.